The van der Waals surface area contributed by atoms with Crippen LogP contribution in [0.3, 0.4) is 0 Å². The molecule has 0 aliphatic heterocycles. The van der Waals surface area contributed by atoms with Gasteiger partial charge in [0.25, 0.3) is 5.91 Å². The number of benzene rings is 3. The van der Waals surface area contributed by atoms with Crippen molar-refractivity contribution in [1.82, 2.24) is 0 Å². The van der Waals surface area contributed by atoms with Crippen LogP contribution in [0.1, 0.15) is 30.5 Å². The van der Waals surface area contributed by atoms with E-state index >= 15 is 0 Å². The lowest BCUT2D eigenvalue weighted by Gasteiger charge is -2.13. The maximum Gasteiger partial charge on any atom is 0.266 e. The summed E-state index contributed by atoms with van der Waals surface area (Å²) in [6.45, 7) is 7.25. The zero-order valence-corrected chi connectivity index (χ0v) is 19.6. The van der Waals surface area contributed by atoms with Crippen LogP contribution in [0, 0.1) is 18.3 Å². The predicted molar refractivity (Wildman–Crippen MR) is 133 cm³/mol. The van der Waals surface area contributed by atoms with Crippen molar-refractivity contribution in [3.63, 3.8) is 0 Å². The molecular formula is C28H28N2O4. The van der Waals surface area contributed by atoms with Crippen molar-refractivity contribution in [3.05, 3.63) is 89.0 Å². The number of carbonyl (C=O) groups is 1. The number of rotatable bonds is 10. The monoisotopic (exact) mass is 456 g/mol. The van der Waals surface area contributed by atoms with E-state index < -0.39 is 5.91 Å². The first-order chi connectivity index (χ1) is 16.5. The number of hydrogen-bond acceptors (Lipinski definition) is 5. The van der Waals surface area contributed by atoms with E-state index in [4.69, 9.17) is 14.2 Å². The zero-order valence-electron chi connectivity index (χ0n) is 19.6. The van der Waals surface area contributed by atoms with Gasteiger partial charge in [-0.15, -0.1) is 0 Å². The fraction of sp³-hybridized carbons (Fsp3) is 0.214. The van der Waals surface area contributed by atoms with Crippen LogP contribution >= 0.6 is 0 Å². The zero-order chi connectivity index (χ0) is 24.3. The Labute approximate surface area is 200 Å². The second-order valence-corrected chi connectivity index (χ2v) is 7.49. The van der Waals surface area contributed by atoms with Gasteiger partial charge in [0, 0.05) is 5.69 Å². The summed E-state index contributed by atoms with van der Waals surface area (Å²) in [7, 11) is 0. The van der Waals surface area contributed by atoms with E-state index in [1.54, 1.807) is 42.5 Å². The molecule has 0 unspecified atom stereocenters. The minimum Gasteiger partial charge on any atom is -0.494 e. The van der Waals surface area contributed by atoms with E-state index in [1.165, 1.54) is 11.6 Å². The first-order valence-corrected chi connectivity index (χ1v) is 11.1. The second-order valence-electron chi connectivity index (χ2n) is 7.49. The fourth-order valence-electron chi connectivity index (χ4n) is 3.16. The van der Waals surface area contributed by atoms with Gasteiger partial charge < -0.3 is 19.5 Å². The number of aryl methyl sites for hydroxylation is 1. The van der Waals surface area contributed by atoms with Gasteiger partial charge in [-0.05, 0) is 74.4 Å². The Morgan fingerprint density at radius 2 is 1.62 bits per heavy atom. The Kier molecular flexibility index (Phi) is 8.70. The van der Waals surface area contributed by atoms with Crippen LogP contribution in [0.15, 0.2) is 72.3 Å². The molecule has 1 amide bonds. The number of hydrogen-bond donors (Lipinski definition) is 1. The van der Waals surface area contributed by atoms with Gasteiger partial charge in [0.15, 0.2) is 11.5 Å². The van der Waals surface area contributed by atoms with E-state index in [1.807, 2.05) is 51.1 Å². The number of amides is 1. The largest absolute Gasteiger partial charge is 0.494 e. The summed E-state index contributed by atoms with van der Waals surface area (Å²) in [4.78, 5) is 12.6. The van der Waals surface area contributed by atoms with Crippen LogP contribution in [-0.2, 0) is 11.4 Å². The molecule has 6 heteroatoms. The van der Waals surface area contributed by atoms with Gasteiger partial charge in [-0.25, -0.2) is 0 Å². The molecule has 0 aliphatic carbocycles. The number of anilines is 1. The molecule has 0 saturated heterocycles. The molecule has 3 rings (SSSR count). The quantitative estimate of drug-likeness (QED) is 0.303. The Morgan fingerprint density at radius 1 is 0.912 bits per heavy atom. The van der Waals surface area contributed by atoms with Gasteiger partial charge in [0.1, 0.15) is 24.0 Å². The van der Waals surface area contributed by atoms with Gasteiger partial charge in [0.2, 0.25) is 0 Å². The highest BCUT2D eigenvalue weighted by molar-refractivity contribution is 6.09. The fourth-order valence-corrected chi connectivity index (χ4v) is 3.16. The Morgan fingerprint density at radius 3 is 2.26 bits per heavy atom. The maximum absolute atomic E-state index is 12.6. The lowest BCUT2D eigenvalue weighted by molar-refractivity contribution is -0.112. The van der Waals surface area contributed by atoms with Crippen LogP contribution in [-0.4, -0.2) is 19.1 Å². The minimum absolute atomic E-state index is 0.0235. The lowest BCUT2D eigenvalue weighted by Crippen LogP contribution is -2.13. The highest BCUT2D eigenvalue weighted by atomic mass is 16.5. The molecule has 0 aliphatic rings. The highest BCUT2D eigenvalue weighted by Gasteiger charge is 2.12. The molecule has 0 aromatic heterocycles. The summed E-state index contributed by atoms with van der Waals surface area (Å²) in [5.74, 6) is 1.36. The topological polar surface area (TPSA) is 80.6 Å². The number of nitrogens with one attached hydrogen (secondary N) is 1. The molecule has 174 valence electrons. The van der Waals surface area contributed by atoms with Crippen molar-refractivity contribution in [2.24, 2.45) is 0 Å². The van der Waals surface area contributed by atoms with Crippen molar-refractivity contribution >= 4 is 17.7 Å². The lowest BCUT2D eigenvalue weighted by atomic mass is 10.1. The van der Waals surface area contributed by atoms with Crippen LogP contribution in [0.5, 0.6) is 17.2 Å². The summed E-state index contributed by atoms with van der Waals surface area (Å²) in [5, 5.41) is 12.3. The third kappa shape index (κ3) is 6.88. The Hall–Kier alpha value is -4.24. The molecule has 34 heavy (non-hydrogen) atoms. The maximum atomic E-state index is 12.6. The Bertz CT molecular complexity index is 1180. The third-order valence-corrected chi connectivity index (χ3v) is 4.88. The molecule has 0 fully saturated rings. The molecule has 1 N–H and O–H groups in total. The van der Waals surface area contributed by atoms with E-state index in [2.05, 4.69) is 5.32 Å². The van der Waals surface area contributed by atoms with Crippen molar-refractivity contribution in [1.29, 1.82) is 5.26 Å². The number of carbonyl (C=O) groups excluding carboxylic acids is 1. The minimum atomic E-state index is -0.496. The van der Waals surface area contributed by atoms with Crippen molar-refractivity contribution in [2.75, 3.05) is 18.5 Å². The van der Waals surface area contributed by atoms with Gasteiger partial charge in [-0.1, -0.05) is 35.9 Å². The summed E-state index contributed by atoms with van der Waals surface area (Å²) in [5.41, 5.74) is 3.45. The molecule has 0 atom stereocenters. The predicted octanol–water partition coefficient (Wildman–Crippen LogP) is 5.92. The highest BCUT2D eigenvalue weighted by Crippen LogP contribution is 2.30. The molecular weight excluding hydrogens is 428 g/mol. The number of ether oxygens (including phenoxy) is 3. The molecule has 0 radical (unpaired) electrons. The average Bonchev–Trinajstić information content (AvgIpc) is 2.84. The number of nitrogens with zero attached hydrogens (tertiary/aromatic N) is 1. The van der Waals surface area contributed by atoms with Gasteiger partial charge in [-0.2, -0.15) is 5.26 Å². The molecule has 0 heterocycles. The molecule has 3 aromatic carbocycles. The van der Waals surface area contributed by atoms with Crippen LogP contribution in [0.4, 0.5) is 5.69 Å². The van der Waals surface area contributed by atoms with Gasteiger partial charge in [-0.3, -0.25) is 4.79 Å². The molecule has 0 saturated carbocycles. The van der Waals surface area contributed by atoms with E-state index in [-0.39, 0.29) is 5.57 Å². The van der Waals surface area contributed by atoms with Crippen LogP contribution < -0.4 is 19.5 Å². The van der Waals surface area contributed by atoms with Crippen LogP contribution in [0.25, 0.3) is 6.08 Å². The van der Waals surface area contributed by atoms with E-state index in [9.17, 15) is 10.1 Å². The average molecular weight is 457 g/mol. The first-order valence-electron chi connectivity index (χ1n) is 11.1. The summed E-state index contributed by atoms with van der Waals surface area (Å²) >= 11 is 0. The smallest absolute Gasteiger partial charge is 0.266 e. The van der Waals surface area contributed by atoms with Crippen molar-refractivity contribution in [3.8, 4) is 23.3 Å². The summed E-state index contributed by atoms with van der Waals surface area (Å²) < 4.78 is 17.1. The SMILES string of the molecule is CCOc1ccc(NC(=O)/C(C#N)=C\c2ccc(OCc3ccc(C)cc3)c(OCC)c2)cc1. The normalized spacial score (nSPS) is 10.8. The van der Waals surface area contributed by atoms with Gasteiger partial charge >= 0.3 is 0 Å². The standard InChI is InChI=1S/C28H28N2O4/c1-4-32-25-13-11-24(12-14-25)30-28(31)23(18-29)16-22-10-15-26(27(17-22)33-5-2)34-19-21-8-6-20(3)7-9-21/h6-17H,4-5,19H2,1-3H3,(H,30,31)/b23-16-. The molecule has 6 nitrogen and oxygen atoms in total. The summed E-state index contributed by atoms with van der Waals surface area (Å²) in [6, 6.07) is 22.4. The van der Waals surface area contributed by atoms with E-state index in [0.29, 0.717) is 48.3 Å². The number of nitriles is 1. The second kappa shape index (κ2) is 12.1. The van der Waals surface area contributed by atoms with Gasteiger partial charge in [0.05, 0.1) is 13.2 Å². The first kappa shape index (κ1) is 24.4. The van der Waals surface area contributed by atoms with Crippen molar-refractivity contribution < 1.29 is 19.0 Å². The molecule has 0 bridgehead atoms. The summed E-state index contributed by atoms with van der Waals surface area (Å²) in [6.07, 6.45) is 1.52. The van der Waals surface area contributed by atoms with Crippen LogP contribution in [0.2, 0.25) is 0 Å². The molecule has 3 aromatic rings. The molecule has 0 spiro atoms. The van der Waals surface area contributed by atoms with E-state index in [0.717, 1.165) is 5.56 Å². The third-order valence-electron chi connectivity index (χ3n) is 4.88. The van der Waals surface area contributed by atoms with Crippen molar-refractivity contribution in [2.45, 2.75) is 27.4 Å². The Balaban J connectivity index is 1.73.